The second kappa shape index (κ2) is 9.88. The van der Waals surface area contributed by atoms with Gasteiger partial charge in [0.1, 0.15) is 5.70 Å². The number of aliphatic hydroxyl groups is 1. The highest BCUT2D eigenvalue weighted by molar-refractivity contribution is 8.06. The Morgan fingerprint density at radius 3 is 2.59 bits per heavy atom. The highest BCUT2D eigenvalue weighted by Gasteiger charge is 2.60. The maximum atomic E-state index is 12.9. The van der Waals surface area contributed by atoms with Crippen LogP contribution in [0.2, 0.25) is 0 Å². The zero-order chi connectivity index (χ0) is 25.4. The van der Waals surface area contributed by atoms with Crippen LogP contribution >= 0.6 is 23.1 Å². The Morgan fingerprint density at radius 1 is 1.35 bits per heavy atom. The van der Waals surface area contributed by atoms with Crippen molar-refractivity contribution in [3.8, 4) is 0 Å². The summed E-state index contributed by atoms with van der Waals surface area (Å²) in [5, 5.41) is 12.0. The topological polar surface area (TPSA) is 149 Å². The molecule has 0 aliphatic carbocycles. The summed E-state index contributed by atoms with van der Waals surface area (Å²) in [6.07, 6.45) is 2.35. The number of carbonyl (C=O) groups is 4. The van der Waals surface area contributed by atoms with E-state index in [1.54, 1.807) is 39.2 Å². The molecule has 1 aromatic rings. The van der Waals surface area contributed by atoms with Crippen molar-refractivity contribution in [3.63, 3.8) is 0 Å². The second-order valence-corrected chi connectivity index (χ2v) is 11.1. The number of hydrogen-bond donors (Lipinski definition) is 2. The Bertz CT molecular complexity index is 1070. The van der Waals surface area contributed by atoms with Gasteiger partial charge in [-0.3, -0.25) is 14.4 Å². The first-order valence-electron chi connectivity index (χ1n) is 10.5. The molecule has 0 unspecified atom stereocenters. The summed E-state index contributed by atoms with van der Waals surface area (Å²) in [6, 6.07) is -0.382. The average molecular weight is 510 g/mol. The number of nitrogens with two attached hydrogens (primary N) is 1. The van der Waals surface area contributed by atoms with Crippen LogP contribution in [0.15, 0.2) is 22.2 Å². The molecule has 0 saturated carbocycles. The van der Waals surface area contributed by atoms with Crippen LogP contribution in [0.5, 0.6) is 0 Å². The lowest BCUT2D eigenvalue weighted by Gasteiger charge is -2.46. The minimum absolute atomic E-state index is 0.0722. The normalized spacial score (nSPS) is 23.1. The Labute approximate surface area is 205 Å². The molecular weight excluding hydrogens is 482 g/mol. The van der Waals surface area contributed by atoms with Crippen molar-refractivity contribution in [1.29, 1.82) is 0 Å². The fourth-order valence-electron chi connectivity index (χ4n) is 3.74. The molecule has 3 heterocycles. The van der Waals surface area contributed by atoms with Crippen molar-refractivity contribution in [2.24, 2.45) is 23.0 Å². The summed E-state index contributed by atoms with van der Waals surface area (Å²) in [6.45, 7) is 7.86. The van der Waals surface area contributed by atoms with Crippen LogP contribution in [0.25, 0.3) is 6.08 Å². The van der Waals surface area contributed by atoms with Crippen molar-refractivity contribution in [2.75, 3.05) is 6.79 Å². The van der Waals surface area contributed by atoms with E-state index in [-0.39, 0.29) is 28.6 Å². The predicted molar refractivity (Wildman–Crippen MR) is 126 cm³/mol. The van der Waals surface area contributed by atoms with Crippen LogP contribution in [-0.4, -0.2) is 57.7 Å². The van der Waals surface area contributed by atoms with Gasteiger partial charge >= 0.3 is 11.9 Å². The molecule has 4 atom stereocenters. The van der Waals surface area contributed by atoms with Gasteiger partial charge in [0.2, 0.25) is 12.7 Å². The molecule has 184 valence electrons. The Hall–Kier alpha value is -2.70. The zero-order valence-corrected chi connectivity index (χ0v) is 21.1. The fraction of sp³-hybridized carbons (Fsp3) is 0.500. The van der Waals surface area contributed by atoms with Gasteiger partial charge in [0.25, 0.3) is 5.91 Å². The zero-order valence-electron chi connectivity index (χ0n) is 19.4. The van der Waals surface area contributed by atoms with Crippen molar-refractivity contribution >= 4 is 52.9 Å². The van der Waals surface area contributed by atoms with Gasteiger partial charge in [-0.05, 0) is 39.2 Å². The summed E-state index contributed by atoms with van der Waals surface area (Å²) in [4.78, 5) is 55.4. The molecule has 2 amide bonds. The largest absolute Gasteiger partial charge is 0.427 e. The van der Waals surface area contributed by atoms with Gasteiger partial charge in [0.05, 0.1) is 23.5 Å². The molecule has 2 aliphatic rings. The fourth-order valence-corrected chi connectivity index (χ4v) is 5.51. The van der Waals surface area contributed by atoms with Gasteiger partial charge in [-0.2, -0.15) is 0 Å². The summed E-state index contributed by atoms with van der Waals surface area (Å²) in [5.41, 5.74) is 4.54. The minimum Gasteiger partial charge on any atom is -0.427 e. The molecule has 0 bridgehead atoms. The highest BCUT2D eigenvalue weighted by atomic mass is 32.2. The molecule has 1 fully saturated rings. The number of fused-ring (bicyclic) bond motifs is 1. The molecule has 1 saturated heterocycles. The number of aliphatic hydroxyl groups excluding tert-OH is 1. The van der Waals surface area contributed by atoms with Gasteiger partial charge in [0, 0.05) is 21.9 Å². The number of amides is 2. The minimum atomic E-state index is -0.870. The van der Waals surface area contributed by atoms with Crippen LogP contribution in [-0.2, 0) is 23.9 Å². The molecule has 0 aromatic carbocycles. The smallest absolute Gasteiger partial charge is 0.358 e. The van der Waals surface area contributed by atoms with Gasteiger partial charge in [0.15, 0.2) is 5.01 Å². The quantitative estimate of drug-likeness (QED) is 0.305. The Morgan fingerprint density at radius 2 is 2.03 bits per heavy atom. The van der Waals surface area contributed by atoms with E-state index in [9.17, 15) is 24.3 Å². The highest BCUT2D eigenvalue weighted by Crippen LogP contribution is 2.51. The van der Waals surface area contributed by atoms with Gasteiger partial charge in [-0.15, -0.1) is 11.3 Å². The molecule has 2 aliphatic heterocycles. The van der Waals surface area contributed by atoms with E-state index in [0.29, 0.717) is 9.78 Å². The molecule has 3 rings (SSSR count). The number of esters is 2. The monoisotopic (exact) mass is 509 g/mol. The lowest BCUT2D eigenvalue weighted by molar-refractivity contribution is -0.175. The van der Waals surface area contributed by atoms with Crippen LogP contribution < -0.4 is 5.73 Å². The van der Waals surface area contributed by atoms with Gasteiger partial charge < -0.3 is 25.2 Å². The summed E-state index contributed by atoms with van der Waals surface area (Å²) in [5.74, 6) is -3.17. The van der Waals surface area contributed by atoms with Crippen molar-refractivity contribution in [3.05, 3.63) is 32.1 Å². The molecular formula is C22H27N3O7S2. The number of ether oxygens (including phenoxy) is 2. The molecule has 3 N–H and O–H groups in total. The first-order chi connectivity index (χ1) is 15.8. The van der Waals surface area contributed by atoms with E-state index in [1.807, 2.05) is 6.92 Å². The SMILES string of the molecule is C[C@@H](O)[C@H]1C(=O)N2C(C(=O)OCOC(=O)C(C)(C)C)=C(S/C=C\c3cnc(C(N)=O)s3)[C@H](C)[C@H]12. The van der Waals surface area contributed by atoms with Crippen molar-refractivity contribution in [2.45, 2.75) is 46.8 Å². The number of hydrogen-bond acceptors (Lipinski definition) is 10. The number of primary amides is 1. The number of carbonyl (C=O) groups excluding carboxylic acids is 4. The number of aromatic nitrogens is 1. The first-order valence-corrected chi connectivity index (χ1v) is 12.2. The second-order valence-electron chi connectivity index (χ2n) is 9.05. The number of rotatable bonds is 8. The molecule has 0 radical (unpaired) electrons. The first kappa shape index (κ1) is 25.9. The van der Waals surface area contributed by atoms with Crippen molar-refractivity contribution < 1.29 is 33.8 Å². The van der Waals surface area contributed by atoms with Crippen LogP contribution in [0.3, 0.4) is 0 Å². The maximum Gasteiger partial charge on any atom is 0.358 e. The van der Waals surface area contributed by atoms with E-state index < -0.39 is 42.1 Å². The number of nitrogens with zero attached hydrogens (tertiary/aromatic N) is 2. The lowest BCUT2D eigenvalue weighted by Crippen LogP contribution is -2.63. The van der Waals surface area contributed by atoms with Crippen LogP contribution in [0, 0.1) is 17.3 Å². The van der Waals surface area contributed by atoms with E-state index in [1.165, 1.54) is 22.9 Å². The third kappa shape index (κ3) is 5.03. The molecule has 0 spiro atoms. The predicted octanol–water partition coefficient (Wildman–Crippen LogP) is 2.10. The Kier molecular flexibility index (Phi) is 7.53. The third-order valence-corrected chi connectivity index (χ3v) is 7.52. The maximum absolute atomic E-state index is 12.9. The summed E-state index contributed by atoms with van der Waals surface area (Å²) in [7, 11) is 0. The molecule has 10 nitrogen and oxygen atoms in total. The van der Waals surface area contributed by atoms with Crippen LogP contribution in [0.1, 0.15) is 49.3 Å². The van der Waals surface area contributed by atoms with E-state index in [4.69, 9.17) is 15.2 Å². The summed E-state index contributed by atoms with van der Waals surface area (Å²) < 4.78 is 10.2. The summed E-state index contributed by atoms with van der Waals surface area (Å²) >= 11 is 2.35. The van der Waals surface area contributed by atoms with Gasteiger partial charge in [-0.1, -0.05) is 18.7 Å². The van der Waals surface area contributed by atoms with Crippen molar-refractivity contribution in [1.82, 2.24) is 9.88 Å². The molecule has 34 heavy (non-hydrogen) atoms. The molecule has 1 aromatic heterocycles. The average Bonchev–Trinajstić information content (AvgIpc) is 3.29. The number of β-lactam (4-membered cyclic amide) rings is 1. The molecule has 12 heteroatoms. The van der Waals surface area contributed by atoms with E-state index in [0.717, 1.165) is 11.3 Å². The number of thiazole rings is 1. The van der Waals surface area contributed by atoms with Crippen LogP contribution in [0.4, 0.5) is 0 Å². The lowest BCUT2D eigenvalue weighted by atomic mass is 9.79. The van der Waals surface area contributed by atoms with E-state index >= 15 is 0 Å². The Balaban J connectivity index is 1.80. The third-order valence-electron chi connectivity index (χ3n) is 5.46. The number of thioether (sulfide) groups is 1. The standard InChI is InChI=1S/C22H27N3O7S2/c1-10-14-13(11(2)26)19(28)25(14)15(20(29)31-9-32-21(30)22(3,4)5)16(10)33-7-6-12-8-24-18(34-12)17(23)27/h6-8,10-11,13-14,26H,9H2,1-5H3,(H2,23,27)/b7-6-/t10-,11-,13-,14-/m1/s1. The van der Waals surface area contributed by atoms with E-state index in [2.05, 4.69) is 4.98 Å². The van der Waals surface area contributed by atoms with Gasteiger partial charge in [-0.25, -0.2) is 9.78 Å².